The standard InChI is InChI=1S/C17H17ClN4O2S/c1-21-15-5-3-2-4-14(15)20-17(21)12-10-16(19-11-13(12)18)22-6-8-25(23,24)9-7-22/h2-5,10-11H,6-9H2,1H3. The van der Waals surface area contributed by atoms with Gasteiger partial charge in [-0.3, -0.25) is 0 Å². The monoisotopic (exact) mass is 376 g/mol. The van der Waals surface area contributed by atoms with E-state index in [1.165, 1.54) is 0 Å². The summed E-state index contributed by atoms with van der Waals surface area (Å²) >= 11 is 6.38. The number of fused-ring (bicyclic) bond motifs is 1. The topological polar surface area (TPSA) is 68.1 Å². The maximum absolute atomic E-state index is 11.6. The largest absolute Gasteiger partial charge is 0.355 e. The molecular formula is C17H17ClN4O2S. The summed E-state index contributed by atoms with van der Waals surface area (Å²) in [4.78, 5) is 11.0. The SMILES string of the molecule is Cn1c(-c2cc(N3CCS(=O)(=O)CC3)ncc2Cl)nc2ccccc21. The average Bonchev–Trinajstić information content (AvgIpc) is 2.93. The molecule has 1 aromatic carbocycles. The number of anilines is 1. The molecule has 6 nitrogen and oxygen atoms in total. The smallest absolute Gasteiger partial charge is 0.153 e. The molecule has 1 saturated heterocycles. The summed E-state index contributed by atoms with van der Waals surface area (Å²) in [6, 6.07) is 9.79. The maximum Gasteiger partial charge on any atom is 0.153 e. The van der Waals surface area contributed by atoms with Gasteiger partial charge in [-0.15, -0.1) is 0 Å². The van der Waals surface area contributed by atoms with Gasteiger partial charge in [0.05, 0.1) is 27.6 Å². The van der Waals surface area contributed by atoms with Crippen molar-refractivity contribution in [2.75, 3.05) is 29.5 Å². The lowest BCUT2D eigenvalue weighted by atomic mass is 10.2. The molecule has 130 valence electrons. The number of aromatic nitrogens is 3. The minimum atomic E-state index is -2.93. The molecule has 0 radical (unpaired) electrons. The van der Waals surface area contributed by atoms with E-state index in [4.69, 9.17) is 11.6 Å². The highest BCUT2D eigenvalue weighted by Gasteiger charge is 2.23. The van der Waals surface area contributed by atoms with Crippen molar-refractivity contribution in [2.45, 2.75) is 0 Å². The van der Waals surface area contributed by atoms with Gasteiger partial charge in [0.2, 0.25) is 0 Å². The highest BCUT2D eigenvalue weighted by Crippen LogP contribution is 2.32. The number of rotatable bonds is 2. The van der Waals surface area contributed by atoms with Crippen molar-refractivity contribution >= 4 is 38.3 Å². The summed E-state index contributed by atoms with van der Waals surface area (Å²) in [5.74, 6) is 1.79. The number of hydrogen-bond donors (Lipinski definition) is 0. The van der Waals surface area contributed by atoms with Crippen LogP contribution in [0.15, 0.2) is 36.5 Å². The number of aryl methyl sites for hydroxylation is 1. The minimum absolute atomic E-state index is 0.152. The van der Waals surface area contributed by atoms with Gasteiger partial charge in [-0.25, -0.2) is 18.4 Å². The van der Waals surface area contributed by atoms with Crippen molar-refractivity contribution in [1.82, 2.24) is 14.5 Å². The van der Waals surface area contributed by atoms with E-state index in [0.29, 0.717) is 18.1 Å². The van der Waals surface area contributed by atoms with Crippen LogP contribution in [0, 0.1) is 0 Å². The molecule has 1 fully saturated rings. The van der Waals surface area contributed by atoms with Crippen LogP contribution in [0.3, 0.4) is 0 Å². The van der Waals surface area contributed by atoms with E-state index in [1.807, 2.05) is 46.8 Å². The first-order valence-electron chi connectivity index (χ1n) is 7.97. The molecule has 0 saturated carbocycles. The van der Waals surface area contributed by atoms with Gasteiger partial charge in [0, 0.05) is 31.9 Å². The fourth-order valence-electron chi connectivity index (χ4n) is 3.10. The summed E-state index contributed by atoms with van der Waals surface area (Å²) in [7, 11) is -0.977. The maximum atomic E-state index is 11.6. The molecule has 0 unspecified atom stereocenters. The van der Waals surface area contributed by atoms with E-state index in [2.05, 4.69) is 9.97 Å². The lowest BCUT2D eigenvalue weighted by Gasteiger charge is -2.28. The molecule has 0 bridgehead atoms. The van der Waals surface area contributed by atoms with Crippen molar-refractivity contribution in [3.05, 3.63) is 41.6 Å². The van der Waals surface area contributed by atoms with Crippen molar-refractivity contribution in [3.63, 3.8) is 0 Å². The van der Waals surface area contributed by atoms with Crippen LogP contribution in [-0.4, -0.2) is 47.5 Å². The fourth-order valence-corrected chi connectivity index (χ4v) is 4.49. The second-order valence-electron chi connectivity index (χ2n) is 6.14. The van der Waals surface area contributed by atoms with E-state index in [9.17, 15) is 8.42 Å². The molecule has 0 spiro atoms. The highest BCUT2D eigenvalue weighted by molar-refractivity contribution is 7.91. The van der Waals surface area contributed by atoms with Crippen LogP contribution in [0.1, 0.15) is 0 Å². The van der Waals surface area contributed by atoms with E-state index in [0.717, 1.165) is 28.2 Å². The summed E-state index contributed by atoms with van der Waals surface area (Å²) in [5, 5.41) is 0.520. The zero-order valence-electron chi connectivity index (χ0n) is 13.7. The van der Waals surface area contributed by atoms with E-state index >= 15 is 0 Å². The molecule has 25 heavy (non-hydrogen) atoms. The number of pyridine rings is 1. The number of sulfone groups is 1. The number of imidazole rings is 1. The Morgan fingerprint density at radius 2 is 1.88 bits per heavy atom. The zero-order valence-corrected chi connectivity index (χ0v) is 15.3. The van der Waals surface area contributed by atoms with E-state index in [1.54, 1.807) is 6.20 Å². The third kappa shape index (κ3) is 2.98. The number of halogens is 1. The van der Waals surface area contributed by atoms with Gasteiger partial charge < -0.3 is 9.47 Å². The van der Waals surface area contributed by atoms with Gasteiger partial charge in [0.1, 0.15) is 11.6 Å². The van der Waals surface area contributed by atoms with Crippen molar-refractivity contribution < 1.29 is 8.42 Å². The summed E-state index contributed by atoms with van der Waals surface area (Å²) in [6.45, 7) is 0.887. The van der Waals surface area contributed by atoms with Crippen LogP contribution in [0.5, 0.6) is 0 Å². The number of benzene rings is 1. The van der Waals surface area contributed by atoms with Crippen molar-refractivity contribution in [3.8, 4) is 11.4 Å². The molecular weight excluding hydrogens is 360 g/mol. The van der Waals surface area contributed by atoms with Gasteiger partial charge in [0.15, 0.2) is 9.84 Å². The summed E-state index contributed by atoms with van der Waals surface area (Å²) in [6.07, 6.45) is 1.61. The number of nitrogens with zero attached hydrogens (tertiary/aromatic N) is 4. The highest BCUT2D eigenvalue weighted by atomic mass is 35.5. The average molecular weight is 377 g/mol. The molecule has 1 aliphatic heterocycles. The second-order valence-corrected chi connectivity index (χ2v) is 8.86. The molecule has 0 N–H and O–H groups in total. The molecule has 4 rings (SSSR count). The first-order valence-corrected chi connectivity index (χ1v) is 10.2. The lowest BCUT2D eigenvalue weighted by Crippen LogP contribution is -2.40. The number of para-hydroxylation sites is 2. The molecule has 1 aliphatic rings. The Labute approximate surface area is 151 Å². The summed E-state index contributed by atoms with van der Waals surface area (Å²) < 4.78 is 25.3. The molecule has 0 aliphatic carbocycles. The van der Waals surface area contributed by atoms with Crippen LogP contribution in [0.25, 0.3) is 22.4 Å². The predicted molar refractivity (Wildman–Crippen MR) is 99.8 cm³/mol. The van der Waals surface area contributed by atoms with Crippen molar-refractivity contribution in [2.24, 2.45) is 7.05 Å². The third-order valence-electron chi connectivity index (χ3n) is 4.54. The Hall–Kier alpha value is -2.12. The predicted octanol–water partition coefficient (Wildman–Crippen LogP) is 2.52. The Balaban J connectivity index is 1.76. The van der Waals surface area contributed by atoms with Crippen LogP contribution >= 0.6 is 11.6 Å². The first kappa shape index (κ1) is 16.4. The Morgan fingerprint density at radius 3 is 2.60 bits per heavy atom. The molecule has 0 amide bonds. The van der Waals surface area contributed by atoms with Crippen LogP contribution in [-0.2, 0) is 16.9 Å². The fraction of sp³-hybridized carbons (Fsp3) is 0.294. The lowest BCUT2D eigenvalue weighted by molar-refractivity contribution is 0.586. The van der Waals surface area contributed by atoms with Gasteiger partial charge in [-0.1, -0.05) is 23.7 Å². The quantitative estimate of drug-likeness (QED) is 0.687. The number of hydrogen-bond acceptors (Lipinski definition) is 5. The van der Waals surface area contributed by atoms with Gasteiger partial charge in [-0.2, -0.15) is 0 Å². The molecule has 2 aromatic heterocycles. The van der Waals surface area contributed by atoms with Gasteiger partial charge in [0.25, 0.3) is 0 Å². The van der Waals surface area contributed by atoms with Crippen LogP contribution in [0.4, 0.5) is 5.82 Å². The molecule has 8 heteroatoms. The van der Waals surface area contributed by atoms with E-state index < -0.39 is 9.84 Å². The minimum Gasteiger partial charge on any atom is -0.355 e. The van der Waals surface area contributed by atoms with E-state index in [-0.39, 0.29) is 11.5 Å². The normalized spacial score (nSPS) is 17.1. The molecule has 3 heterocycles. The first-order chi connectivity index (χ1) is 11.9. The van der Waals surface area contributed by atoms with Gasteiger partial charge >= 0.3 is 0 Å². The molecule has 3 aromatic rings. The van der Waals surface area contributed by atoms with Gasteiger partial charge in [-0.05, 0) is 18.2 Å². The second kappa shape index (κ2) is 6.00. The Kier molecular flexibility index (Phi) is 3.92. The zero-order chi connectivity index (χ0) is 17.6. The third-order valence-corrected chi connectivity index (χ3v) is 6.45. The molecule has 0 atom stereocenters. The summed E-state index contributed by atoms with van der Waals surface area (Å²) in [5.41, 5.74) is 2.72. The Bertz CT molecular complexity index is 1050. The Morgan fingerprint density at radius 1 is 1.16 bits per heavy atom. The van der Waals surface area contributed by atoms with Crippen LogP contribution < -0.4 is 4.90 Å². The van der Waals surface area contributed by atoms with Crippen LogP contribution in [0.2, 0.25) is 5.02 Å². The van der Waals surface area contributed by atoms with Crippen molar-refractivity contribution in [1.29, 1.82) is 0 Å².